The van der Waals surface area contributed by atoms with Gasteiger partial charge in [0.1, 0.15) is 5.75 Å². The van der Waals surface area contributed by atoms with Crippen LogP contribution in [-0.4, -0.2) is 37.6 Å². The minimum absolute atomic E-state index is 0.101. The highest BCUT2D eigenvalue weighted by molar-refractivity contribution is 6.31. The minimum atomic E-state index is -0.665. The second-order valence-electron chi connectivity index (χ2n) is 6.75. The van der Waals surface area contributed by atoms with Gasteiger partial charge in [0, 0.05) is 17.3 Å². The molecule has 28 heavy (non-hydrogen) atoms. The van der Waals surface area contributed by atoms with Crippen molar-refractivity contribution in [2.24, 2.45) is 0 Å². The summed E-state index contributed by atoms with van der Waals surface area (Å²) in [4.78, 5) is 26.9. The van der Waals surface area contributed by atoms with E-state index < -0.39 is 6.10 Å². The molecule has 2 aromatic carbocycles. The highest BCUT2D eigenvalue weighted by Crippen LogP contribution is 2.33. The summed E-state index contributed by atoms with van der Waals surface area (Å²) < 4.78 is 5.85. The number of halogens is 1. The topological polar surface area (TPSA) is 70.7 Å². The van der Waals surface area contributed by atoms with Gasteiger partial charge in [0.05, 0.1) is 18.8 Å². The summed E-state index contributed by atoms with van der Waals surface area (Å²) in [6.07, 6.45) is 0.183. The Kier molecular flexibility index (Phi) is 6.41. The summed E-state index contributed by atoms with van der Waals surface area (Å²) in [6.45, 7) is 4.89. The molecule has 6 nitrogen and oxygen atoms in total. The molecule has 1 heterocycles. The third-order valence-electron chi connectivity index (χ3n) is 4.51. The zero-order chi connectivity index (χ0) is 20.1. The molecular weight excluding hydrogens is 378 g/mol. The number of aryl methyl sites for hydroxylation is 1. The van der Waals surface area contributed by atoms with Gasteiger partial charge in [-0.3, -0.25) is 9.59 Å². The number of amides is 2. The van der Waals surface area contributed by atoms with E-state index in [-0.39, 0.29) is 18.4 Å². The molecule has 2 amide bonds. The van der Waals surface area contributed by atoms with E-state index in [2.05, 4.69) is 10.6 Å². The molecule has 0 bridgehead atoms. The number of carbonyl (C=O) groups is 2. The molecule has 1 aliphatic heterocycles. The van der Waals surface area contributed by atoms with Crippen LogP contribution in [0.4, 0.5) is 11.4 Å². The van der Waals surface area contributed by atoms with Crippen LogP contribution in [0.25, 0.3) is 0 Å². The first kappa shape index (κ1) is 20.0. The zero-order valence-corrected chi connectivity index (χ0v) is 16.8. The number of nitrogens with zero attached hydrogens (tertiary/aromatic N) is 1. The molecule has 0 fully saturated rings. The van der Waals surface area contributed by atoms with Crippen molar-refractivity contribution in [3.8, 4) is 5.75 Å². The third-order valence-corrected chi connectivity index (χ3v) is 4.75. The van der Waals surface area contributed by atoms with Gasteiger partial charge >= 0.3 is 0 Å². The number of ether oxygens (including phenoxy) is 1. The SMILES string of the molecule is CCCNC(=O)[C@H]1CN(CC(=O)Nc2cc(Cl)ccc2C)c2ccccc2O1. The van der Waals surface area contributed by atoms with E-state index in [4.69, 9.17) is 16.3 Å². The van der Waals surface area contributed by atoms with Crippen LogP contribution in [0, 0.1) is 6.92 Å². The van der Waals surface area contributed by atoms with Gasteiger partial charge in [-0.2, -0.15) is 0 Å². The molecule has 2 aromatic rings. The van der Waals surface area contributed by atoms with E-state index in [1.807, 2.05) is 43.0 Å². The fourth-order valence-corrected chi connectivity index (χ4v) is 3.22. The first-order valence-electron chi connectivity index (χ1n) is 9.32. The molecule has 0 saturated heterocycles. The summed E-state index contributed by atoms with van der Waals surface area (Å²) in [5.41, 5.74) is 2.40. The smallest absolute Gasteiger partial charge is 0.262 e. The number of fused-ring (bicyclic) bond motifs is 1. The van der Waals surface area contributed by atoms with Crippen molar-refractivity contribution in [2.75, 3.05) is 29.9 Å². The normalized spacial score (nSPS) is 15.4. The molecule has 0 aromatic heterocycles. The molecule has 0 spiro atoms. The maximum Gasteiger partial charge on any atom is 0.262 e. The van der Waals surface area contributed by atoms with Gasteiger partial charge in [-0.25, -0.2) is 0 Å². The molecule has 0 unspecified atom stereocenters. The van der Waals surface area contributed by atoms with Gasteiger partial charge in [0.25, 0.3) is 5.91 Å². The maximum absolute atomic E-state index is 12.7. The molecule has 1 atom stereocenters. The number of anilines is 2. The summed E-state index contributed by atoms with van der Waals surface area (Å²) in [7, 11) is 0. The Labute approximate surface area is 169 Å². The van der Waals surface area contributed by atoms with Crippen LogP contribution >= 0.6 is 11.6 Å². The van der Waals surface area contributed by atoms with E-state index in [1.54, 1.807) is 18.2 Å². The molecule has 1 aliphatic rings. The van der Waals surface area contributed by atoms with Crippen molar-refractivity contribution in [3.63, 3.8) is 0 Å². The van der Waals surface area contributed by atoms with E-state index in [9.17, 15) is 9.59 Å². The van der Waals surface area contributed by atoms with Gasteiger partial charge in [-0.05, 0) is 43.2 Å². The molecule has 0 radical (unpaired) electrons. The van der Waals surface area contributed by atoms with Gasteiger partial charge in [-0.1, -0.05) is 36.7 Å². The fourth-order valence-electron chi connectivity index (χ4n) is 3.05. The van der Waals surface area contributed by atoms with Gasteiger partial charge < -0.3 is 20.3 Å². The van der Waals surface area contributed by atoms with Crippen molar-refractivity contribution < 1.29 is 14.3 Å². The number of hydrogen-bond donors (Lipinski definition) is 2. The summed E-state index contributed by atoms with van der Waals surface area (Å²) >= 11 is 6.03. The monoisotopic (exact) mass is 401 g/mol. The highest BCUT2D eigenvalue weighted by Gasteiger charge is 2.31. The third kappa shape index (κ3) is 4.75. The lowest BCUT2D eigenvalue weighted by atomic mass is 10.1. The maximum atomic E-state index is 12.7. The molecule has 0 saturated carbocycles. The second-order valence-corrected chi connectivity index (χ2v) is 7.19. The first-order valence-corrected chi connectivity index (χ1v) is 9.70. The molecule has 7 heteroatoms. The Morgan fingerprint density at radius 2 is 2.04 bits per heavy atom. The number of hydrogen-bond acceptors (Lipinski definition) is 4. The van der Waals surface area contributed by atoms with E-state index in [0.717, 1.165) is 17.7 Å². The summed E-state index contributed by atoms with van der Waals surface area (Å²) in [5.74, 6) is 0.236. The first-order chi connectivity index (χ1) is 13.5. The number of rotatable bonds is 6. The minimum Gasteiger partial charge on any atom is -0.477 e. The molecular formula is C21H24ClN3O3. The number of para-hydroxylation sites is 2. The Morgan fingerprint density at radius 3 is 2.82 bits per heavy atom. The predicted molar refractivity (Wildman–Crippen MR) is 111 cm³/mol. The Bertz CT molecular complexity index is 872. The van der Waals surface area contributed by atoms with Gasteiger partial charge in [0.2, 0.25) is 5.91 Å². The summed E-state index contributed by atoms with van der Waals surface area (Å²) in [5, 5.41) is 6.32. The van der Waals surface area contributed by atoms with Crippen LogP contribution in [0.1, 0.15) is 18.9 Å². The Hall–Kier alpha value is -2.73. The van der Waals surface area contributed by atoms with Crippen LogP contribution in [0.3, 0.4) is 0 Å². The van der Waals surface area contributed by atoms with Crippen molar-refractivity contribution in [3.05, 3.63) is 53.1 Å². The molecule has 3 rings (SSSR count). The van der Waals surface area contributed by atoms with Crippen LogP contribution in [0.15, 0.2) is 42.5 Å². The van der Waals surface area contributed by atoms with Crippen molar-refractivity contribution in [1.82, 2.24) is 5.32 Å². The lowest BCUT2D eigenvalue weighted by molar-refractivity contribution is -0.128. The fraction of sp³-hybridized carbons (Fsp3) is 0.333. The van der Waals surface area contributed by atoms with Crippen LogP contribution in [0.2, 0.25) is 5.02 Å². The standard InChI is InChI=1S/C21H24ClN3O3/c1-3-10-23-21(27)19-12-25(17-6-4-5-7-18(17)28-19)13-20(26)24-16-11-15(22)9-8-14(16)2/h4-9,11,19H,3,10,12-13H2,1-2H3,(H,23,27)(H,24,26)/t19-/m1/s1. The highest BCUT2D eigenvalue weighted by atomic mass is 35.5. The van der Waals surface area contributed by atoms with E-state index in [1.165, 1.54) is 0 Å². The van der Waals surface area contributed by atoms with E-state index >= 15 is 0 Å². The average Bonchev–Trinajstić information content (AvgIpc) is 2.68. The number of benzene rings is 2. The van der Waals surface area contributed by atoms with Crippen LogP contribution in [0.5, 0.6) is 5.75 Å². The lowest BCUT2D eigenvalue weighted by Gasteiger charge is -2.35. The molecule has 148 valence electrons. The van der Waals surface area contributed by atoms with Crippen LogP contribution in [-0.2, 0) is 9.59 Å². The zero-order valence-electron chi connectivity index (χ0n) is 16.0. The molecule has 0 aliphatic carbocycles. The summed E-state index contributed by atoms with van der Waals surface area (Å²) in [6, 6.07) is 12.8. The van der Waals surface area contributed by atoms with Gasteiger partial charge in [-0.15, -0.1) is 0 Å². The Balaban J connectivity index is 1.74. The van der Waals surface area contributed by atoms with Gasteiger partial charge in [0.15, 0.2) is 6.10 Å². The van der Waals surface area contributed by atoms with E-state index in [0.29, 0.717) is 29.5 Å². The predicted octanol–water partition coefficient (Wildman–Crippen LogP) is 3.38. The Morgan fingerprint density at radius 1 is 1.25 bits per heavy atom. The second kappa shape index (κ2) is 8.97. The van der Waals surface area contributed by atoms with Crippen molar-refractivity contribution >= 4 is 34.8 Å². The van der Waals surface area contributed by atoms with Crippen LogP contribution < -0.4 is 20.3 Å². The quantitative estimate of drug-likeness (QED) is 0.778. The number of carbonyl (C=O) groups excluding carboxylic acids is 2. The number of nitrogens with one attached hydrogen (secondary N) is 2. The lowest BCUT2D eigenvalue weighted by Crippen LogP contribution is -2.50. The van der Waals surface area contributed by atoms with Crippen molar-refractivity contribution in [1.29, 1.82) is 0 Å². The molecule has 2 N–H and O–H groups in total. The average molecular weight is 402 g/mol. The van der Waals surface area contributed by atoms with Crippen molar-refractivity contribution in [2.45, 2.75) is 26.4 Å². The largest absolute Gasteiger partial charge is 0.477 e.